The van der Waals surface area contributed by atoms with Crippen molar-refractivity contribution < 1.29 is 4.79 Å². The highest BCUT2D eigenvalue weighted by Gasteiger charge is 2.17. The first-order chi connectivity index (χ1) is 13.6. The molecule has 0 bridgehead atoms. The molecule has 3 aromatic rings. The number of nitriles is 1. The Morgan fingerprint density at radius 3 is 2.54 bits per heavy atom. The maximum absolute atomic E-state index is 12.6. The van der Waals surface area contributed by atoms with E-state index in [1.165, 1.54) is 11.8 Å². The van der Waals surface area contributed by atoms with Gasteiger partial charge < -0.3 is 0 Å². The third-order valence-corrected chi connectivity index (χ3v) is 5.20. The summed E-state index contributed by atoms with van der Waals surface area (Å²) in [6, 6.07) is 18.8. The van der Waals surface area contributed by atoms with E-state index in [0.29, 0.717) is 33.3 Å². The predicted octanol–water partition coefficient (Wildman–Crippen LogP) is 4.85. The third-order valence-electron chi connectivity index (χ3n) is 4.11. The van der Waals surface area contributed by atoms with Crippen molar-refractivity contribution in [2.45, 2.75) is 13.0 Å². The monoisotopic (exact) mass is 408 g/mol. The lowest BCUT2D eigenvalue weighted by molar-refractivity contribution is 0.0995. The van der Waals surface area contributed by atoms with Crippen molar-refractivity contribution in [2.75, 3.05) is 6.26 Å². The van der Waals surface area contributed by atoms with Gasteiger partial charge in [0.25, 0.3) is 0 Å². The highest BCUT2D eigenvalue weighted by Crippen LogP contribution is 2.28. The standard InChI is InChI=1S/C21H17ClN4OS/c1-28-21(11-20(27)16-7-9-17(22)10-8-16)18(12-23)19-14-26(25-24-19)13-15-5-3-2-4-6-15/h2-10,14H,11,13H2,1H3/b21-18-. The van der Waals surface area contributed by atoms with E-state index in [-0.39, 0.29) is 12.2 Å². The molecular weight excluding hydrogens is 392 g/mol. The van der Waals surface area contributed by atoms with Gasteiger partial charge >= 0.3 is 0 Å². The van der Waals surface area contributed by atoms with Crippen molar-refractivity contribution >= 4 is 34.7 Å². The van der Waals surface area contributed by atoms with Crippen molar-refractivity contribution in [1.82, 2.24) is 15.0 Å². The lowest BCUT2D eigenvalue weighted by Crippen LogP contribution is -2.01. The number of Topliss-reactive ketones (excluding diaryl/α,β-unsaturated/α-hetero) is 1. The second kappa shape index (κ2) is 9.36. The fraction of sp³-hybridized carbons (Fsp3) is 0.143. The Bertz CT molecular complexity index is 1040. The van der Waals surface area contributed by atoms with Gasteiger partial charge in [-0.05, 0) is 36.1 Å². The van der Waals surface area contributed by atoms with E-state index in [9.17, 15) is 10.1 Å². The number of thioether (sulfide) groups is 1. The van der Waals surface area contributed by atoms with Crippen LogP contribution in [0.2, 0.25) is 5.02 Å². The van der Waals surface area contributed by atoms with Crippen LogP contribution in [0.4, 0.5) is 0 Å². The zero-order valence-corrected chi connectivity index (χ0v) is 16.7. The van der Waals surface area contributed by atoms with Crippen LogP contribution in [0.25, 0.3) is 5.57 Å². The Morgan fingerprint density at radius 1 is 1.18 bits per heavy atom. The lowest BCUT2D eigenvalue weighted by Gasteiger charge is -2.06. The molecule has 0 amide bonds. The molecule has 0 fully saturated rings. The Morgan fingerprint density at radius 2 is 1.89 bits per heavy atom. The maximum atomic E-state index is 12.6. The molecule has 1 heterocycles. The molecule has 0 spiro atoms. The van der Waals surface area contributed by atoms with E-state index in [0.717, 1.165) is 5.56 Å². The predicted molar refractivity (Wildman–Crippen MR) is 112 cm³/mol. The SMILES string of the molecule is CS/C(CC(=O)c1ccc(Cl)cc1)=C(/C#N)c1cn(Cc2ccccc2)nn1. The van der Waals surface area contributed by atoms with Crippen LogP contribution in [-0.2, 0) is 6.54 Å². The summed E-state index contributed by atoms with van der Waals surface area (Å²) < 4.78 is 1.68. The summed E-state index contributed by atoms with van der Waals surface area (Å²) >= 11 is 7.25. The van der Waals surface area contributed by atoms with E-state index in [1.807, 2.05) is 36.6 Å². The molecule has 7 heteroatoms. The van der Waals surface area contributed by atoms with Crippen LogP contribution >= 0.6 is 23.4 Å². The molecule has 0 N–H and O–H groups in total. The molecule has 0 saturated heterocycles. The minimum Gasteiger partial charge on any atom is -0.294 e. The first-order valence-electron chi connectivity index (χ1n) is 8.51. The Kier molecular flexibility index (Phi) is 6.64. The quantitative estimate of drug-likeness (QED) is 0.412. The average molecular weight is 409 g/mol. The summed E-state index contributed by atoms with van der Waals surface area (Å²) in [6.07, 6.45) is 3.70. The molecule has 0 aliphatic carbocycles. The Balaban J connectivity index is 1.83. The molecule has 140 valence electrons. The molecule has 2 aromatic carbocycles. The van der Waals surface area contributed by atoms with Crippen LogP contribution in [-0.4, -0.2) is 27.0 Å². The van der Waals surface area contributed by atoms with Gasteiger partial charge in [-0.15, -0.1) is 16.9 Å². The Labute approximate surface area is 172 Å². The van der Waals surface area contributed by atoms with Gasteiger partial charge in [0.2, 0.25) is 0 Å². The molecule has 1 aromatic heterocycles. The zero-order valence-electron chi connectivity index (χ0n) is 15.2. The number of nitrogens with zero attached hydrogens (tertiary/aromatic N) is 4. The van der Waals surface area contributed by atoms with Crippen LogP contribution in [0.3, 0.4) is 0 Å². The molecule has 28 heavy (non-hydrogen) atoms. The number of carbonyl (C=O) groups excluding carboxylic acids is 1. The van der Waals surface area contributed by atoms with Crippen LogP contribution in [0.5, 0.6) is 0 Å². The first kappa shape index (κ1) is 19.9. The second-order valence-electron chi connectivity index (χ2n) is 6.01. The summed E-state index contributed by atoms with van der Waals surface area (Å²) in [7, 11) is 0. The summed E-state index contributed by atoms with van der Waals surface area (Å²) in [4.78, 5) is 13.2. The van der Waals surface area contributed by atoms with E-state index < -0.39 is 0 Å². The molecule has 0 radical (unpaired) electrons. The van der Waals surface area contributed by atoms with Crippen molar-refractivity contribution in [2.24, 2.45) is 0 Å². The number of allylic oxidation sites excluding steroid dienone is 2. The lowest BCUT2D eigenvalue weighted by atomic mass is 10.1. The minimum absolute atomic E-state index is 0.0783. The van der Waals surface area contributed by atoms with E-state index >= 15 is 0 Å². The maximum Gasteiger partial charge on any atom is 0.167 e. The summed E-state index contributed by atoms with van der Waals surface area (Å²) in [6.45, 7) is 0.560. The summed E-state index contributed by atoms with van der Waals surface area (Å²) in [5, 5.41) is 18.5. The molecule has 0 saturated carbocycles. The number of aromatic nitrogens is 3. The Hall–Kier alpha value is -2.88. The van der Waals surface area contributed by atoms with Gasteiger partial charge in [-0.2, -0.15) is 5.26 Å². The fourth-order valence-corrected chi connectivity index (χ4v) is 3.43. The van der Waals surface area contributed by atoms with E-state index in [2.05, 4.69) is 16.4 Å². The number of rotatable bonds is 7. The zero-order chi connectivity index (χ0) is 19.9. The van der Waals surface area contributed by atoms with Gasteiger partial charge in [-0.3, -0.25) is 4.79 Å². The van der Waals surface area contributed by atoms with Crippen molar-refractivity contribution in [1.29, 1.82) is 5.26 Å². The van der Waals surface area contributed by atoms with Crippen LogP contribution in [0.15, 0.2) is 65.7 Å². The summed E-state index contributed by atoms with van der Waals surface area (Å²) in [5.41, 5.74) is 2.48. The van der Waals surface area contributed by atoms with E-state index in [1.54, 1.807) is 35.1 Å². The molecule has 5 nitrogen and oxygen atoms in total. The summed E-state index contributed by atoms with van der Waals surface area (Å²) in [5.74, 6) is -0.0783. The number of carbonyl (C=O) groups is 1. The van der Waals surface area contributed by atoms with Gasteiger partial charge in [0.05, 0.1) is 18.3 Å². The van der Waals surface area contributed by atoms with E-state index in [4.69, 9.17) is 11.6 Å². The van der Waals surface area contributed by atoms with Crippen molar-refractivity contribution in [3.63, 3.8) is 0 Å². The number of hydrogen-bond donors (Lipinski definition) is 0. The number of hydrogen-bond acceptors (Lipinski definition) is 5. The molecule has 3 rings (SSSR count). The van der Waals surface area contributed by atoms with Gasteiger partial charge in [0.1, 0.15) is 11.8 Å². The minimum atomic E-state index is -0.0783. The molecule has 0 aliphatic rings. The van der Waals surface area contributed by atoms with Crippen LogP contribution < -0.4 is 0 Å². The van der Waals surface area contributed by atoms with Crippen LogP contribution in [0, 0.1) is 11.3 Å². The van der Waals surface area contributed by atoms with Gasteiger partial charge in [-0.1, -0.05) is 47.1 Å². The highest BCUT2D eigenvalue weighted by molar-refractivity contribution is 8.02. The van der Waals surface area contributed by atoms with Crippen molar-refractivity contribution in [3.8, 4) is 6.07 Å². The van der Waals surface area contributed by atoms with Crippen LogP contribution in [0.1, 0.15) is 28.0 Å². The largest absolute Gasteiger partial charge is 0.294 e. The number of halogens is 1. The average Bonchev–Trinajstić information content (AvgIpc) is 3.17. The highest BCUT2D eigenvalue weighted by atomic mass is 35.5. The van der Waals surface area contributed by atoms with Gasteiger partial charge in [-0.25, -0.2) is 4.68 Å². The molecule has 0 unspecified atom stereocenters. The molecular formula is C21H17ClN4OS. The van der Waals surface area contributed by atoms with Gasteiger partial charge in [0, 0.05) is 21.9 Å². The molecule has 0 atom stereocenters. The number of ketones is 1. The number of benzene rings is 2. The third kappa shape index (κ3) is 4.89. The molecule has 0 aliphatic heterocycles. The second-order valence-corrected chi connectivity index (χ2v) is 7.35. The fourth-order valence-electron chi connectivity index (χ4n) is 2.67. The van der Waals surface area contributed by atoms with Crippen molar-refractivity contribution in [3.05, 3.63) is 87.5 Å². The smallest absolute Gasteiger partial charge is 0.167 e. The first-order valence-corrected chi connectivity index (χ1v) is 10.1. The topological polar surface area (TPSA) is 71.6 Å². The normalized spacial score (nSPS) is 11.6. The van der Waals surface area contributed by atoms with Gasteiger partial charge in [0.15, 0.2) is 5.78 Å².